The number of hydrogen-bond acceptors (Lipinski definition) is 6. The van der Waals surface area contributed by atoms with E-state index in [2.05, 4.69) is 9.97 Å². The highest BCUT2D eigenvalue weighted by atomic mass is 16.4. The number of benzene rings is 1. The molecule has 3 aromatic heterocycles. The third-order valence-electron chi connectivity index (χ3n) is 3.17. The van der Waals surface area contributed by atoms with E-state index in [4.69, 9.17) is 14.6 Å². The zero-order valence-corrected chi connectivity index (χ0v) is 10.8. The van der Waals surface area contributed by atoms with E-state index in [1.54, 1.807) is 36.5 Å². The lowest BCUT2D eigenvalue weighted by molar-refractivity contribution is 0.472. The molecule has 0 aliphatic heterocycles. The molecule has 0 unspecified atom stereocenters. The van der Waals surface area contributed by atoms with Crippen molar-refractivity contribution in [2.75, 3.05) is 5.73 Å². The number of aromatic nitrogens is 3. The van der Waals surface area contributed by atoms with Crippen molar-refractivity contribution in [3.63, 3.8) is 0 Å². The highest BCUT2D eigenvalue weighted by Crippen LogP contribution is 2.19. The van der Waals surface area contributed by atoms with Gasteiger partial charge in [-0.1, -0.05) is 0 Å². The van der Waals surface area contributed by atoms with Gasteiger partial charge in [0.05, 0.1) is 0 Å². The number of nitrogens with two attached hydrogens (primary N) is 1. The molecule has 3 heterocycles. The lowest BCUT2D eigenvalue weighted by atomic mass is 10.3. The predicted molar refractivity (Wildman–Crippen MR) is 75.8 cm³/mol. The Hall–Kier alpha value is -3.09. The van der Waals surface area contributed by atoms with Crippen molar-refractivity contribution >= 4 is 28.0 Å². The van der Waals surface area contributed by atoms with E-state index in [1.165, 1.54) is 4.57 Å². The maximum Gasteiger partial charge on any atom is 0.421 e. The highest BCUT2D eigenvalue weighted by Gasteiger charge is 2.13. The Morgan fingerprint density at radius 2 is 2.10 bits per heavy atom. The first-order chi connectivity index (χ1) is 10.2. The molecule has 0 radical (unpaired) electrons. The summed E-state index contributed by atoms with van der Waals surface area (Å²) in [6.07, 6.45) is 1.60. The van der Waals surface area contributed by atoms with Gasteiger partial charge in [-0.15, -0.1) is 0 Å². The molecular weight excluding hydrogens is 272 g/mol. The largest absolute Gasteiger partial charge is 0.439 e. The Morgan fingerprint density at radius 3 is 3.00 bits per heavy atom. The Balaban J connectivity index is 1.82. The summed E-state index contributed by atoms with van der Waals surface area (Å²) in [5, 5.41) is 0. The lowest BCUT2D eigenvalue weighted by Gasteiger charge is -1.96. The second-order valence-electron chi connectivity index (χ2n) is 4.61. The van der Waals surface area contributed by atoms with Crippen LogP contribution in [0.4, 0.5) is 5.69 Å². The number of nitrogens with zero attached hydrogens (tertiary/aromatic N) is 3. The van der Waals surface area contributed by atoms with Gasteiger partial charge in [-0.2, -0.15) is 0 Å². The van der Waals surface area contributed by atoms with Gasteiger partial charge in [0.15, 0.2) is 16.8 Å². The molecule has 0 bridgehead atoms. The van der Waals surface area contributed by atoms with Gasteiger partial charge >= 0.3 is 5.76 Å². The lowest BCUT2D eigenvalue weighted by Crippen LogP contribution is -2.15. The minimum atomic E-state index is -0.495. The van der Waals surface area contributed by atoms with E-state index in [-0.39, 0.29) is 6.54 Å². The molecule has 1 aromatic carbocycles. The summed E-state index contributed by atoms with van der Waals surface area (Å²) >= 11 is 0. The van der Waals surface area contributed by atoms with Gasteiger partial charge in [-0.05, 0) is 30.3 Å². The first-order valence-corrected chi connectivity index (χ1v) is 6.30. The second-order valence-corrected chi connectivity index (χ2v) is 4.61. The molecule has 4 aromatic rings. The van der Waals surface area contributed by atoms with E-state index in [0.29, 0.717) is 33.9 Å². The van der Waals surface area contributed by atoms with E-state index >= 15 is 0 Å². The summed E-state index contributed by atoms with van der Waals surface area (Å²) in [5.41, 5.74) is 8.48. The van der Waals surface area contributed by atoms with Gasteiger partial charge in [0.25, 0.3) is 0 Å². The van der Waals surface area contributed by atoms with Crippen LogP contribution in [0.3, 0.4) is 0 Å². The van der Waals surface area contributed by atoms with Gasteiger partial charge < -0.3 is 14.6 Å². The van der Waals surface area contributed by atoms with Crippen LogP contribution in [-0.2, 0) is 6.54 Å². The molecule has 104 valence electrons. The maximum atomic E-state index is 11.9. The molecule has 0 fully saturated rings. The molecule has 0 saturated heterocycles. The summed E-state index contributed by atoms with van der Waals surface area (Å²) in [4.78, 5) is 20.3. The number of anilines is 1. The van der Waals surface area contributed by atoms with E-state index in [1.807, 2.05) is 0 Å². The maximum absolute atomic E-state index is 11.9. The zero-order valence-electron chi connectivity index (χ0n) is 10.8. The van der Waals surface area contributed by atoms with Gasteiger partial charge in [-0.3, -0.25) is 0 Å². The molecule has 7 heteroatoms. The van der Waals surface area contributed by atoms with Crippen LogP contribution in [0.25, 0.3) is 22.3 Å². The Bertz CT molecular complexity index is 1010. The van der Waals surface area contributed by atoms with Gasteiger partial charge in [0.1, 0.15) is 12.1 Å². The molecule has 4 rings (SSSR count). The smallest absolute Gasteiger partial charge is 0.421 e. The molecular formula is C14H10N4O3. The van der Waals surface area contributed by atoms with Crippen molar-refractivity contribution < 1.29 is 8.83 Å². The quantitative estimate of drug-likeness (QED) is 0.562. The second kappa shape index (κ2) is 4.20. The van der Waals surface area contributed by atoms with Crippen molar-refractivity contribution in [1.82, 2.24) is 14.5 Å². The standard InChI is InChI=1S/C14H10N4O3/c15-8-3-4-10-9(6-8)17-12(20-10)7-18-13-11(21-14(18)19)2-1-5-16-13/h1-6H,7,15H2. The first kappa shape index (κ1) is 11.7. The number of nitrogen functional groups attached to an aromatic ring is 1. The van der Waals surface area contributed by atoms with Crippen molar-refractivity contribution in [3.05, 3.63) is 53.0 Å². The van der Waals surface area contributed by atoms with Crippen LogP contribution >= 0.6 is 0 Å². The van der Waals surface area contributed by atoms with Crippen LogP contribution in [0, 0.1) is 0 Å². The highest BCUT2D eigenvalue weighted by molar-refractivity contribution is 5.76. The predicted octanol–water partition coefficient (Wildman–Crippen LogP) is 1.76. The summed E-state index contributed by atoms with van der Waals surface area (Å²) in [7, 11) is 0. The fourth-order valence-electron chi connectivity index (χ4n) is 2.23. The summed E-state index contributed by atoms with van der Waals surface area (Å²) in [6, 6.07) is 8.59. The minimum Gasteiger partial charge on any atom is -0.439 e. The fraction of sp³-hybridized carbons (Fsp3) is 0.0714. The number of oxazole rings is 2. The van der Waals surface area contributed by atoms with E-state index in [0.717, 1.165) is 0 Å². The molecule has 0 amide bonds. The van der Waals surface area contributed by atoms with Gasteiger partial charge in [-0.25, -0.2) is 19.3 Å². The van der Waals surface area contributed by atoms with Crippen molar-refractivity contribution in [3.8, 4) is 0 Å². The molecule has 2 N–H and O–H groups in total. The van der Waals surface area contributed by atoms with E-state index < -0.39 is 5.76 Å². The van der Waals surface area contributed by atoms with Crippen molar-refractivity contribution in [2.24, 2.45) is 0 Å². The number of hydrogen-bond donors (Lipinski definition) is 1. The normalized spacial score (nSPS) is 11.4. The van der Waals surface area contributed by atoms with Crippen LogP contribution < -0.4 is 11.5 Å². The summed E-state index contributed by atoms with van der Waals surface area (Å²) in [6.45, 7) is 0.150. The van der Waals surface area contributed by atoms with Gasteiger partial charge in [0, 0.05) is 11.9 Å². The molecule has 7 nitrogen and oxygen atoms in total. The fourth-order valence-corrected chi connectivity index (χ4v) is 2.23. The SMILES string of the molecule is Nc1ccc2oc(Cn3c(=O)oc4cccnc43)nc2c1. The Labute approximate surface area is 117 Å². The van der Waals surface area contributed by atoms with Crippen LogP contribution in [0.2, 0.25) is 0 Å². The molecule has 21 heavy (non-hydrogen) atoms. The Kier molecular flexibility index (Phi) is 2.34. The molecule has 0 aliphatic rings. The number of fused-ring (bicyclic) bond motifs is 2. The zero-order chi connectivity index (χ0) is 14.4. The minimum absolute atomic E-state index is 0.150. The number of rotatable bonds is 2. The monoisotopic (exact) mass is 282 g/mol. The number of pyridine rings is 1. The van der Waals surface area contributed by atoms with Crippen LogP contribution in [0.15, 0.2) is 50.2 Å². The van der Waals surface area contributed by atoms with E-state index in [9.17, 15) is 4.79 Å². The molecule has 0 spiro atoms. The topological polar surface area (TPSA) is 100 Å². The van der Waals surface area contributed by atoms with Gasteiger partial charge in [0.2, 0.25) is 5.89 Å². The Morgan fingerprint density at radius 1 is 1.19 bits per heavy atom. The molecule has 0 saturated carbocycles. The average molecular weight is 282 g/mol. The third-order valence-corrected chi connectivity index (χ3v) is 3.17. The molecule has 0 atom stereocenters. The molecule has 0 aliphatic carbocycles. The summed E-state index contributed by atoms with van der Waals surface area (Å²) < 4.78 is 12.1. The first-order valence-electron chi connectivity index (χ1n) is 6.30. The third kappa shape index (κ3) is 1.86. The van der Waals surface area contributed by atoms with Crippen LogP contribution in [-0.4, -0.2) is 14.5 Å². The van der Waals surface area contributed by atoms with Crippen LogP contribution in [0.5, 0.6) is 0 Å². The van der Waals surface area contributed by atoms with Crippen molar-refractivity contribution in [2.45, 2.75) is 6.54 Å². The van der Waals surface area contributed by atoms with Crippen molar-refractivity contribution in [1.29, 1.82) is 0 Å². The van der Waals surface area contributed by atoms with Crippen LogP contribution in [0.1, 0.15) is 5.89 Å². The average Bonchev–Trinajstić information content (AvgIpc) is 3.00. The summed E-state index contributed by atoms with van der Waals surface area (Å²) in [5.74, 6) is -0.100.